The van der Waals surface area contributed by atoms with E-state index in [2.05, 4.69) is 225 Å². The van der Waals surface area contributed by atoms with Gasteiger partial charge in [0.15, 0.2) is 17.5 Å². The molecule has 0 saturated heterocycles. The number of aromatic nitrogens is 5. The third kappa shape index (κ3) is 7.37. The van der Waals surface area contributed by atoms with Crippen LogP contribution in [-0.2, 0) is 0 Å². The number of benzene rings is 10. The fourth-order valence-corrected chi connectivity index (χ4v) is 10.9. The van der Waals surface area contributed by atoms with Gasteiger partial charge in [-0.3, -0.25) is 0 Å². The van der Waals surface area contributed by atoms with E-state index in [9.17, 15) is 0 Å². The highest BCUT2D eigenvalue weighted by Crippen LogP contribution is 2.43. The van der Waals surface area contributed by atoms with Gasteiger partial charge in [-0.05, 0) is 139 Å². The van der Waals surface area contributed by atoms with Crippen molar-refractivity contribution < 1.29 is 0 Å². The highest BCUT2D eigenvalue weighted by Gasteiger charge is 2.23. The van der Waals surface area contributed by atoms with Gasteiger partial charge < -0.3 is 9.13 Å². The summed E-state index contributed by atoms with van der Waals surface area (Å²) in [5.74, 6) is 1.82. The van der Waals surface area contributed by atoms with Crippen LogP contribution < -0.4 is 0 Å². The molecule has 342 valence electrons. The molecule has 10 aromatic carbocycles. The standard InChI is InChI=1S/C67H49N5/c1-42-24-30-53(44(3)36-42)50-28-34-62-57(40-50)58-41-51(54-31-25-43(2)37-45(54)4)29-35-63(58)72(62)64-33-27-49(48-26-32-61-56(38-48)55-22-14-15-23-60(55)71(61)52-20-12-7-13-21-52)39-59(64)67-69-65(46-16-8-5-9-17-46)68-66(70-67)47-18-10-6-11-19-47/h5-41H,1-4H3. The van der Waals surface area contributed by atoms with Crippen molar-refractivity contribution in [1.82, 2.24) is 24.1 Å². The van der Waals surface area contributed by atoms with E-state index in [-0.39, 0.29) is 0 Å². The number of para-hydroxylation sites is 2. The quantitative estimate of drug-likeness (QED) is 0.153. The van der Waals surface area contributed by atoms with Gasteiger partial charge in [-0.2, -0.15) is 0 Å². The summed E-state index contributed by atoms with van der Waals surface area (Å²) in [6.45, 7) is 8.74. The first kappa shape index (κ1) is 42.9. The molecule has 72 heavy (non-hydrogen) atoms. The average molecular weight is 924 g/mol. The van der Waals surface area contributed by atoms with Gasteiger partial charge in [0, 0.05) is 43.9 Å². The highest BCUT2D eigenvalue weighted by atomic mass is 15.1. The Balaban J connectivity index is 1.09. The molecule has 5 nitrogen and oxygen atoms in total. The minimum Gasteiger partial charge on any atom is -0.309 e. The van der Waals surface area contributed by atoms with Crippen LogP contribution in [0.25, 0.3) is 123 Å². The topological polar surface area (TPSA) is 48.5 Å². The molecule has 0 aliphatic carbocycles. The summed E-state index contributed by atoms with van der Waals surface area (Å²) < 4.78 is 4.79. The average Bonchev–Trinajstić information content (AvgIpc) is 3.93. The Morgan fingerprint density at radius 1 is 0.278 bits per heavy atom. The molecule has 0 bridgehead atoms. The first-order valence-electron chi connectivity index (χ1n) is 24.7. The zero-order valence-corrected chi connectivity index (χ0v) is 40.6. The third-order valence-corrected chi connectivity index (χ3v) is 14.3. The molecule has 13 rings (SSSR count). The first-order chi connectivity index (χ1) is 35.3. The molecule has 0 aliphatic heterocycles. The second-order valence-corrected chi connectivity index (χ2v) is 19.1. The lowest BCUT2D eigenvalue weighted by Gasteiger charge is -2.17. The van der Waals surface area contributed by atoms with Crippen LogP contribution in [0.2, 0.25) is 0 Å². The maximum absolute atomic E-state index is 5.39. The normalized spacial score (nSPS) is 11.6. The van der Waals surface area contributed by atoms with E-state index in [1.54, 1.807) is 0 Å². The molecule has 0 radical (unpaired) electrons. The van der Waals surface area contributed by atoms with Gasteiger partial charge in [0.2, 0.25) is 0 Å². The Bertz CT molecular complexity index is 4070. The molecule has 0 fully saturated rings. The summed E-state index contributed by atoms with van der Waals surface area (Å²) in [5.41, 5.74) is 21.4. The number of hydrogen-bond acceptors (Lipinski definition) is 3. The second-order valence-electron chi connectivity index (χ2n) is 19.1. The monoisotopic (exact) mass is 923 g/mol. The van der Waals surface area contributed by atoms with Crippen molar-refractivity contribution in [2.75, 3.05) is 0 Å². The van der Waals surface area contributed by atoms with Gasteiger partial charge in [-0.1, -0.05) is 169 Å². The minimum atomic E-state index is 0.593. The molecule has 0 aliphatic rings. The van der Waals surface area contributed by atoms with Crippen molar-refractivity contribution >= 4 is 43.6 Å². The second kappa shape index (κ2) is 17.3. The number of hydrogen-bond donors (Lipinski definition) is 0. The summed E-state index contributed by atoms with van der Waals surface area (Å²) in [4.78, 5) is 15.9. The van der Waals surface area contributed by atoms with Crippen LogP contribution in [-0.4, -0.2) is 24.1 Å². The Labute approximate surface area is 419 Å². The number of nitrogens with zero attached hydrogens (tertiary/aromatic N) is 5. The summed E-state index contributed by atoms with van der Waals surface area (Å²) in [6, 6.07) is 80.9. The van der Waals surface area contributed by atoms with E-state index in [0.717, 1.165) is 55.7 Å². The number of rotatable bonds is 8. The van der Waals surface area contributed by atoms with Crippen LogP contribution in [0.3, 0.4) is 0 Å². The van der Waals surface area contributed by atoms with Gasteiger partial charge in [-0.15, -0.1) is 0 Å². The summed E-state index contributed by atoms with van der Waals surface area (Å²) in [5, 5.41) is 4.75. The molecule has 0 saturated carbocycles. The zero-order valence-electron chi connectivity index (χ0n) is 40.6. The van der Waals surface area contributed by atoms with Crippen LogP contribution in [0.4, 0.5) is 0 Å². The molecule has 0 amide bonds. The van der Waals surface area contributed by atoms with Crippen molar-refractivity contribution in [1.29, 1.82) is 0 Å². The molecular weight excluding hydrogens is 875 g/mol. The molecule has 5 heteroatoms. The van der Waals surface area contributed by atoms with Crippen LogP contribution in [0.5, 0.6) is 0 Å². The largest absolute Gasteiger partial charge is 0.309 e. The Hall–Kier alpha value is -9.19. The molecule has 0 N–H and O–H groups in total. The van der Waals surface area contributed by atoms with Crippen molar-refractivity contribution in [3.8, 4) is 78.9 Å². The van der Waals surface area contributed by atoms with Crippen molar-refractivity contribution in [3.05, 3.63) is 247 Å². The van der Waals surface area contributed by atoms with E-state index in [0.29, 0.717) is 17.5 Å². The van der Waals surface area contributed by atoms with Crippen LogP contribution in [0.15, 0.2) is 224 Å². The summed E-state index contributed by atoms with van der Waals surface area (Å²) >= 11 is 0. The molecular formula is C67H49N5. The Morgan fingerprint density at radius 2 is 0.708 bits per heavy atom. The van der Waals surface area contributed by atoms with E-state index < -0.39 is 0 Å². The van der Waals surface area contributed by atoms with Crippen molar-refractivity contribution in [2.24, 2.45) is 0 Å². The van der Waals surface area contributed by atoms with Crippen LogP contribution in [0.1, 0.15) is 22.3 Å². The van der Waals surface area contributed by atoms with E-state index in [4.69, 9.17) is 15.0 Å². The van der Waals surface area contributed by atoms with Crippen LogP contribution >= 0.6 is 0 Å². The van der Waals surface area contributed by atoms with Gasteiger partial charge in [0.25, 0.3) is 0 Å². The summed E-state index contributed by atoms with van der Waals surface area (Å²) in [7, 11) is 0. The van der Waals surface area contributed by atoms with Gasteiger partial charge >= 0.3 is 0 Å². The lowest BCUT2D eigenvalue weighted by Crippen LogP contribution is -2.04. The zero-order chi connectivity index (χ0) is 48.5. The third-order valence-electron chi connectivity index (χ3n) is 14.3. The van der Waals surface area contributed by atoms with E-state index in [1.165, 1.54) is 71.6 Å². The molecule has 13 aromatic rings. The Kier molecular flexibility index (Phi) is 10.3. The predicted molar refractivity (Wildman–Crippen MR) is 300 cm³/mol. The lowest BCUT2D eigenvalue weighted by atomic mass is 9.95. The number of fused-ring (bicyclic) bond motifs is 6. The van der Waals surface area contributed by atoms with Crippen LogP contribution in [0, 0.1) is 27.7 Å². The fraction of sp³-hybridized carbons (Fsp3) is 0.0597. The van der Waals surface area contributed by atoms with Crippen molar-refractivity contribution in [3.63, 3.8) is 0 Å². The molecule has 3 aromatic heterocycles. The van der Waals surface area contributed by atoms with Crippen molar-refractivity contribution in [2.45, 2.75) is 27.7 Å². The lowest BCUT2D eigenvalue weighted by molar-refractivity contribution is 1.06. The smallest absolute Gasteiger partial charge is 0.166 e. The SMILES string of the molecule is Cc1ccc(-c2ccc3c(c2)c2cc(-c4ccc(C)cc4C)ccc2n3-c2ccc(-c3ccc4c(c3)c3ccccc3n4-c3ccccc3)cc2-c2nc(-c3ccccc3)nc(-c3ccccc3)n2)c(C)c1. The predicted octanol–water partition coefficient (Wildman–Crippen LogP) is 17.3. The molecule has 0 spiro atoms. The molecule has 3 heterocycles. The van der Waals surface area contributed by atoms with E-state index in [1.807, 2.05) is 36.4 Å². The maximum Gasteiger partial charge on any atom is 0.166 e. The van der Waals surface area contributed by atoms with Gasteiger partial charge in [-0.25, -0.2) is 15.0 Å². The Morgan fingerprint density at radius 3 is 1.28 bits per heavy atom. The maximum atomic E-state index is 5.39. The minimum absolute atomic E-state index is 0.593. The van der Waals surface area contributed by atoms with Gasteiger partial charge in [0.1, 0.15) is 0 Å². The molecule has 0 atom stereocenters. The highest BCUT2D eigenvalue weighted by molar-refractivity contribution is 6.13. The first-order valence-corrected chi connectivity index (χ1v) is 24.7. The van der Waals surface area contributed by atoms with E-state index >= 15 is 0 Å². The van der Waals surface area contributed by atoms with Gasteiger partial charge in [0.05, 0.1) is 27.8 Å². The molecule has 0 unspecified atom stereocenters. The summed E-state index contributed by atoms with van der Waals surface area (Å²) in [6.07, 6.45) is 0. The number of aryl methyl sites for hydroxylation is 4. The fourth-order valence-electron chi connectivity index (χ4n) is 10.9.